The van der Waals surface area contributed by atoms with Crippen molar-refractivity contribution in [3.8, 4) is 0 Å². The van der Waals surface area contributed by atoms with Crippen molar-refractivity contribution in [3.05, 3.63) is 34.3 Å². The lowest BCUT2D eigenvalue weighted by Crippen LogP contribution is -2.11. The van der Waals surface area contributed by atoms with Crippen LogP contribution >= 0.6 is 11.3 Å². The van der Waals surface area contributed by atoms with E-state index in [-0.39, 0.29) is 5.78 Å². The third-order valence-corrected chi connectivity index (χ3v) is 3.47. The van der Waals surface area contributed by atoms with Gasteiger partial charge in [-0.25, -0.2) is 9.97 Å². The van der Waals surface area contributed by atoms with Crippen molar-refractivity contribution in [1.29, 1.82) is 0 Å². The molecule has 0 atom stereocenters. The minimum absolute atomic E-state index is 0.00509. The highest BCUT2D eigenvalue weighted by molar-refractivity contribution is 7.09. The molecule has 0 fully saturated rings. The van der Waals surface area contributed by atoms with Crippen LogP contribution < -0.4 is 5.73 Å². The topological polar surface area (TPSA) is 73.8 Å². The van der Waals surface area contributed by atoms with Crippen LogP contribution in [0.4, 0.5) is 0 Å². The number of hydrogen-bond donors (Lipinski definition) is 1. The van der Waals surface area contributed by atoms with Crippen LogP contribution in [0.2, 0.25) is 0 Å². The zero-order valence-corrected chi connectivity index (χ0v) is 11.1. The smallest absolute Gasteiger partial charge is 0.189 e. The van der Waals surface area contributed by atoms with Crippen molar-refractivity contribution in [2.75, 3.05) is 0 Å². The number of carbonyl (C=O) groups excluding carboxylic acids is 1. The van der Waals surface area contributed by atoms with Gasteiger partial charge in [-0.1, -0.05) is 6.92 Å². The van der Waals surface area contributed by atoms with Gasteiger partial charge in [0.1, 0.15) is 16.5 Å². The number of ketones is 1. The van der Waals surface area contributed by atoms with Crippen LogP contribution in [0.5, 0.6) is 0 Å². The molecule has 0 amide bonds. The maximum atomic E-state index is 12.0. The number of aromatic nitrogens is 3. The molecule has 0 saturated heterocycles. The van der Waals surface area contributed by atoms with Crippen LogP contribution in [-0.2, 0) is 19.5 Å². The molecule has 0 aromatic carbocycles. The van der Waals surface area contributed by atoms with E-state index in [2.05, 4.69) is 16.9 Å². The van der Waals surface area contributed by atoms with Gasteiger partial charge in [-0.2, -0.15) is 0 Å². The van der Waals surface area contributed by atoms with E-state index in [1.807, 2.05) is 10.8 Å². The molecule has 0 saturated carbocycles. The molecule has 2 aromatic heterocycles. The molecule has 96 valence electrons. The van der Waals surface area contributed by atoms with Crippen molar-refractivity contribution >= 4 is 17.1 Å². The van der Waals surface area contributed by atoms with Gasteiger partial charge in [0.05, 0.1) is 6.42 Å². The molecule has 0 radical (unpaired) electrons. The van der Waals surface area contributed by atoms with Gasteiger partial charge >= 0.3 is 0 Å². The Balaban J connectivity index is 2.08. The Morgan fingerprint density at radius 3 is 3.06 bits per heavy atom. The number of Topliss-reactive ketones (excluding diaryl/α,β-unsaturated/α-hetero) is 1. The molecule has 0 aliphatic carbocycles. The van der Waals surface area contributed by atoms with Gasteiger partial charge in [0.15, 0.2) is 5.78 Å². The summed E-state index contributed by atoms with van der Waals surface area (Å²) in [5.74, 6) is 0.790. The summed E-state index contributed by atoms with van der Waals surface area (Å²) >= 11 is 1.42. The summed E-state index contributed by atoms with van der Waals surface area (Å²) in [4.78, 5) is 20.5. The minimum Gasteiger partial charge on any atom is -0.335 e. The zero-order chi connectivity index (χ0) is 13.0. The van der Waals surface area contributed by atoms with Crippen LogP contribution in [0, 0.1) is 0 Å². The Morgan fingerprint density at radius 1 is 1.56 bits per heavy atom. The lowest BCUT2D eigenvalue weighted by atomic mass is 10.2. The highest BCUT2D eigenvalue weighted by Gasteiger charge is 2.14. The molecule has 6 heteroatoms. The molecular weight excluding hydrogens is 248 g/mol. The fraction of sp³-hybridized carbons (Fsp3) is 0.417. The molecule has 0 spiro atoms. The first-order valence-corrected chi connectivity index (χ1v) is 6.80. The molecule has 0 bridgehead atoms. The molecule has 0 unspecified atom stereocenters. The fourth-order valence-corrected chi connectivity index (χ4v) is 2.40. The lowest BCUT2D eigenvalue weighted by molar-refractivity contribution is 0.0985. The van der Waals surface area contributed by atoms with Gasteiger partial charge in [-0.05, 0) is 6.42 Å². The van der Waals surface area contributed by atoms with E-state index in [9.17, 15) is 4.79 Å². The third-order valence-electron chi connectivity index (χ3n) is 2.60. The highest BCUT2D eigenvalue weighted by atomic mass is 32.1. The Bertz CT molecular complexity index is 532. The molecular formula is C12H16N4OS. The van der Waals surface area contributed by atoms with Gasteiger partial charge in [-0.15, -0.1) is 11.3 Å². The number of thiazole rings is 1. The summed E-state index contributed by atoms with van der Waals surface area (Å²) in [6.07, 6.45) is 4.94. The number of nitrogens with two attached hydrogens (primary N) is 1. The maximum Gasteiger partial charge on any atom is 0.189 e. The predicted octanol–water partition coefficient (Wildman–Crippen LogP) is 1.63. The average molecular weight is 264 g/mol. The number of aryl methyl sites for hydroxylation is 1. The van der Waals surface area contributed by atoms with Gasteiger partial charge in [0.25, 0.3) is 0 Å². The van der Waals surface area contributed by atoms with Crippen LogP contribution in [0.3, 0.4) is 0 Å². The van der Waals surface area contributed by atoms with E-state index in [1.54, 1.807) is 11.6 Å². The van der Waals surface area contributed by atoms with E-state index in [4.69, 9.17) is 5.73 Å². The van der Waals surface area contributed by atoms with E-state index >= 15 is 0 Å². The Hall–Kier alpha value is -1.53. The lowest BCUT2D eigenvalue weighted by Gasteiger charge is -2.04. The monoisotopic (exact) mass is 264 g/mol. The molecule has 2 N–H and O–H groups in total. The van der Waals surface area contributed by atoms with Crippen LogP contribution in [0.15, 0.2) is 17.8 Å². The van der Waals surface area contributed by atoms with Crippen LogP contribution in [-0.4, -0.2) is 20.3 Å². The second-order valence-corrected chi connectivity index (χ2v) is 4.91. The van der Waals surface area contributed by atoms with E-state index < -0.39 is 0 Å². The predicted molar refractivity (Wildman–Crippen MR) is 70.6 cm³/mol. The molecule has 0 aliphatic heterocycles. The number of rotatable bonds is 6. The van der Waals surface area contributed by atoms with E-state index in [0.717, 1.165) is 23.8 Å². The van der Waals surface area contributed by atoms with Crippen molar-refractivity contribution in [2.45, 2.75) is 32.9 Å². The number of nitrogens with zero attached hydrogens (tertiary/aromatic N) is 3. The Labute approximate surface area is 110 Å². The molecule has 2 heterocycles. The largest absolute Gasteiger partial charge is 0.335 e. The quantitative estimate of drug-likeness (QED) is 0.805. The first kappa shape index (κ1) is 12.9. The Morgan fingerprint density at radius 2 is 2.39 bits per heavy atom. The van der Waals surface area contributed by atoms with Crippen molar-refractivity contribution < 1.29 is 4.79 Å². The molecule has 2 rings (SSSR count). The molecule has 2 aromatic rings. The van der Waals surface area contributed by atoms with E-state index in [1.165, 1.54) is 11.3 Å². The fourth-order valence-electron chi connectivity index (χ4n) is 1.72. The highest BCUT2D eigenvalue weighted by Crippen LogP contribution is 2.12. The van der Waals surface area contributed by atoms with Gasteiger partial charge in [-0.3, -0.25) is 4.79 Å². The Kier molecular flexibility index (Phi) is 4.22. The standard InChI is InChI=1S/C12H16N4OS/c1-2-4-16-5-3-14-11(16)6-10(17)9-8-18-12(7-13)15-9/h3,5,8H,2,4,6-7,13H2,1H3. The second kappa shape index (κ2) is 5.88. The number of hydrogen-bond acceptors (Lipinski definition) is 5. The summed E-state index contributed by atoms with van der Waals surface area (Å²) < 4.78 is 2.01. The normalized spacial score (nSPS) is 10.8. The maximum absolute atomic E-state index is 12.0. The zero-order valence-electron chi connectivity index (χ0n) is 10.3. The van der Waals surface area contributed by atoms with Gasteiger partial charge in [0, 0.05) is 30.9 Å². The number of imidazole rings is 1. The minimum atomic E-state index is -0.00509. The van der Waals surface area contributed by atoms with Crippen molar-refractivity contribution in [3.63, 3.8) is 0 Å². The average Bonchev–Trinajstić information content (AvgIpc) is 2.99. The van der Waals surface area contributed by atoms with Crippen molar-refractivity contribution in [2.24, 2.45) is 5.73 Å². The van der Waals surface area contributed by atoms with Crippen molar-refractivity contribution in [1.82, 2.24) is 14.5 Å². The summed E-state index contributed by atoms with van der Waals surface area (Å²) in [7, 11) is 0. The first-order valence-electron chi connectivity index (χ1n) is 5.92. The SMILES string of the molecule is CCCn1ccnc1CC(=O)c1csc(CN)n1. The van der Waals surface area contributed by atoms with E-state index in [0.29, 0.717) is 18.7 Å². The van der Waals surface area contributed by atoms with Crippen LogP contribution in [0.25, 0.3) is 0 Å². The summed E-state index contributed by atoms with van der Waals surface area (Å²) in [5, 5.41) is 2.55. The summed E-state index contributed by atoms with van der Waals surface area (Å²) in [6.45, 7) is 3.36. The summed E-state index contributed by atoms with van der Waals surface area (Å²) in [6, 6.07) is 0. The number of carbonyl (C=O) groups is 1. The van der Waals surface area contributed by atoms with Gasteiger partial charge < -0.3 is 10.3 Å². The summed E-state index contributed by atoms with van der Waals surface area (Å²) in [5.41, 5.74) is 5.98. The molecule has 0 aliphatic rings. The molecule has 5 nitrogen and oxygen atoms in total. The molecule has 18 heavy (non-hydrogen) atoms. The second-order valence-electron chi connectivity index (χ2n) is 3.97. The third kappa shape index (κ3) is 2.83. The van der Waals surface area contributed by atoms with Crippen LogP contribution in [0.1, 0.15) is 34.7 Å². The first-order chi connectivity index (χ1) is 8.74. The van der Waals surface area contributed by atoms with Gasteiger partial charge in [0.2, 0.25) is 0 Å².